The number of aryl methyl sites for hydroxylation is 2. The fraction of sp³-hybridized carbons (Fsp3) is 0.214. The lowest BCUT2D eigenvalue weighted by Gasteiger charge is -1.96. The average Bonchev–Trinajstić information content (AvgIpc) is 2.99. The van der Waals surface area contributed by atoms with Gasteiger partial charge in [-0.15, -0.1) is 0 Å². The Balaban J connectivity index is 2.11. The number of rotatable bonds is 2. The van der Waals surface area contributed by atoms with Crippen LogP contribution >= 0.6 is 0 Å². The number of fused-ring (bicyclic) bond motifs is 1. The van der Waals surface area contributed by atoms with Crippen LogP contribution < -0.4 is 0 Å². The summed E-state index contributed by atoms with van der Waals surface area (Å²) >= 11 is 0. The van der Waals surface area contributed by atoms with Crippen molar-refractivity contribution in [2.75, 3.05) is 7.11 Å². The van der Waals surface area contributed by atoms with Gasteiger partial charge in [0.1, 0.15) is 0 Å². The summed E-state index contributed by atoms with van der Waals surface area (Å²) in [5.74, 6) is 0.260. The van der Waals surface area contributed by atoms with Crippen LogP contribution in [0.15, 0.2) is 24.4 Å². The highest BCUT2D eigenvalue weighted by Crippen LogP contribution is 2.21. The molecule has 20 heavy (non-hydrogen) atoms. The summed E-state index contributed by atoms with van der Waals surface area (Å²) in [5.41, 5.74) is 3.67. The first-order chi connectivity index (χ1) is 9.58. The molecule has 102 valence electrons. The van der Waals surface area contributed by atoms with E-state index < -0.39 is 5.97 Å². The lowest BCUT2D eigenvalue weighted by molar-refractivity contribution is 0.0594. The molecule has 0 aromatic carbocycles. The number of esters is 1. The van der Waals surface area contributed by atoms with E-state index in [-0.39, 0.29) is 5.69 Å². The summed E-state index contributed by atoms with van der Waals surface area (Å²) in [6.45, 7) is 2.03. The normalized spacial score (nSPS) is 10.9. The molecule has 0 aliphatic heterocycles. The lowest BCUT2D eigenvalue weighted by atomic mass is 10.3. The Bertz CT molecular complexity index is 801. The molecule has 0 spiro atoms. The van der Waals surface area contributed by atoms with E-state index in [2.05, 4.69) is 19.7 Å². The van der Waals surface area contributed by atoms with Gasteiger partial charge in [0.25, 0.3) is 0 Å². The number of hydrogen-bond acceptors (Lipinski definition) is 4. The summed E-state index contributed by atoms with van der Waals surface area (Å²) in [6, 6.07) is 5.44. The van der Waals surface area contributed by atoms with Crippen molar-refractivity contribution >= 4 is 17.1 Å². The van der Waals surface area contributed by atoms with Gasteiger partial charge in [-0.3, -0.25) is 0 Å². The number of H-pyrrole nitrogens is 1. The Morgan fingerprint density at radius 1 is 1.35 bits per heavy atom. The first-order valence-corrected chi connectivity index (χ1v) is 6.17. The Labute approximate surface area is 115 Å². The Morgan fingerprint density at radius 3 is 2.80 bits per heavy atom. The highest BCUT2D eigenvalue weighted by molar-refractivity contribution is 5.90. The molecule has 0 saturated heterocycles. The van der Waals surface area contributed by atoms with Gasteiger partial charge in [-0.1, -0.05) is 0 Å². The van der Waals surface area contributed by atoms with E-state index in [0.717, 1.165) is 22.6 Å². The molecule has 3 rings (SSSR count). The first-order valence-electron chi connectivity index (χ1n) is 6.17. The molecule has 6 nitrogen and oxygen atoms in total. The average molecular weight is 270 g/mol. The number of methoxy groups -OCH3 is 1. The molecular formula is C14H14N4O2. The monoisotopic (exact) mass is 270 g/mol. The van der Waals surface area contributed by atoms with E-state index in [0.29, 0.717) is 5.65 Å². The fourth-order valence-corrected chi connectivity index (χ4v) is 2.20. The number of imidazole rings is 1. The number of nitrogens with zero attached hydrogens (tertiary/aromatic N) is 3. The maximum atomic E-state index is 11.5. The standard InChI is InChI=1S/C14H14N4O2/c1-8-6-11(18(2)7-8)13-15-9-4-5-10(14(19)20-3)16-12(9)17-13/h4-7H,1-3H3,(H,15,16,17). The summed E-state index contributed by atoms with van der Waals surface area (Å²) in [5, 5.41) is 0. The molecule has 6 heteroatoms. The number of carbonyl (C=O) groups excluding carboxylic acids is 1. The van der Waals surface area contributed by atoms with Crippen LogP contribution in [0, 0.1) is 6.92 Å². The van der Waals surface area contributed by atoms with E-state index in [1.54, 1.807) is 12.1 Å². The molecule has 0 radical (unpaired) electrons. The van der Waals surface area contributed by atoms with E-state index in [1.807, 2.05) is 30.8 Å². The van der Waals surface area contributed by atoms with E-state index in [1.165, 1.54) is 7.11 Å². The molecule has 0 atom stereocenters. The number of nitrogens with one attached hydrogen (secondary N) is 1. The van der Waals surface area contributed by atoms with Crippen molar-refractivity contribution in [1.82, 2.24) is 19.5 Å². The quantitative estimate of drug-likeness (QED) is 0.723. The number of hydrogen-bond donors (Lipinski definition) is 1. The van der Waals surface area contributed by atoms with Gasteiger partial charge in [0.2, 0.25) is 0 Å². The van der Waals surface area contributed by atoms with Crippen molar-refractivity contribution in [2.24, 2.45) is 7.05 Å². The van der Waals surface area contributed by atoms with Gasteiger partial charge in [0.05, 0.1) is 18.3 Å². The first kappa shape index (κ1) is 12.4. The Kier molecular flexibility index (Phi) is 2.78. The Hall–Kier alpha value is -2.63. The number of ether oxygens (including phenoxy) is 1. The number of aromatic nitrogens is 4. The zero-order valence-corrected chi connectivity index (χ0v) is 11.5. The van der Waals surface area contributed by atoms with Crippen molar-refractivity contribution < 1.29 is 9.53 Å². The molecular weight excluding hydrogens is 256 g/mol. The van der Waals surface area contributed by atoms with Gasteiger partial charge in [-0.25, -0.2) is 14.8 Å². The van der Waals surface area contributed by atoms with Crippen LogP contribution in [-0.2, 0) is 11.8 Å². The number of aromatic amines is 1. The minimum Gasteiger partial charge on any atom is -0.464 e. The maximum Gasteiger partial charge on any atom is 0.356 e. The van der Waals surface area contributed by atoms with Crippen LogP contribution in [0.2, 0.25) is 0 Å². The lowest BCUT2D eigenvalue weighted by Crippen LogP contribution is -2.03. The third-order valence-corrected chi connectivity index (χ3v) is 3.12. The predicted octanol–water partition coefficient (Wildman–Crippen LogP) is 2.06. The van der Waals surface area contributed by atoms with E-state index >= 15 is 0 Å². The van der Waals surface area contributed by atoms with Crippen LogP contribution in [0.25, 0.3) is 22.7 Å². The predicted molar refractivity (Wildman–Crippen MR) is 74.4 cm³/mol. The molecule has 0 aliphatic rings. The zero-order valence-electron chi connectivity index (χ0n) is 11.5. The minimum atomic E-state index is -0.467. The minimum absolute atomic E-state index is 0.251. The smallest absolute Gasteiger partial charge is 0.356 e. The third-order valence-electron chi connectivity index (χ3n) is 3.12. The molecule has 0 saturated carbocycles. The molecule has 0 fully saturated rings. The largest absolute Gasteiger partial charge is 0.464 e. The van der Waals surface area contributed by atoms with Gasteiger partial charge in [-0.05, 0) is 30.7 Å². The summed E-state index contributed by atoms with van der Waals surface area (Å²) in [4.78, 5) is 23.3. The summed E-state index contributed by atoms with van der Waals surface area (Å²) in [6.07, 6.45) is 2.02. The van der Waals surface area contributed by atoms with Gasteiger partial charge in [0, 0.05) is 13.2 Å². The molecule has 3 aromatic rings. The zero-order chi connectivity index (χ0) is 14.3. The van der Waals surface area contributed by atoms with Crippen LogP contribution in [0.5, 0.6) is 0 Å². The second kappa shape index (κ2) is 4.48. The van der Waals surface area contributed by atoms with Crippen molar-refractivity contribution in [3.8, 4) is 11.5 Å². The van der Waals surface area contributed by atoms with Crippen LogP contribution in [0.1, 0.15) is 16.1 Å². The van der Waals surface area contributed by atoms with Crippen LogP contribution in [-0.4, -0.2) is 32.6 Å². The Morgan fingerprint density at radius 2 is 2.15 bits per heavy atom. The third kappa shape index (κ3) is 1.95. The van der Waals surface area contributed by atoms with E-state index in [9.17, 15) is 4.79 Å². The molecule has 0 unspecified atom stereocenters. The van der Waals surface area contributed by atoms with Crippen molar-refractivity contribution in [3.63, 3.8) is 0 Å². The fourth-order valence-electron chi connectivity index (χ4n) is 2.20. The molecule has 0 aliphatic carbocycles. The van der Waals surface area contributed by atoms with Crippen LogP contribution in [0.4, 0.5) is 0 Å². The number of carbonyl (C=O) groups is 1. The SMILES string of the molecule is COC(=O)c1ccc2[nH]c(-c3cc(C)cn3C)nc2n1. The highest BCUT2D eigenvalue weighted by atomic mass is 16.5. The highest BCUT2D eigenvalue weighted by Gasteiger charge is 2.13. The summed E-state index contributed by atoms with van der Waals surface area (Å²) in [7, 11) is 3.29. The van der Waals surface area contributed by atoms with Crippen molar-refractivity contribution in [1.29, 1.82) is 0 Å². The molecule has 3 heterocycles. The van der Waals surface area contributed by atoms with Gasteiger partial charge >= 0.3 is 5.97 Å². The second-order valence-electron chi connectivity index (χ2n) is 4.66. The number of pyridine rings is 1. The molecule has 0 bridgehead atoms. The van der Waals surface area contributed by atoms with Gasteiger partial charge in [-0.2, -0.15) is 0 Å². The van der Waals surface area contributed by atoms with Crippen LogP contribution in [0.3, 0.4) is 0 Å². The van der Waals surface area contributed by atoms with E-state index in [4.69, 9.17) is 0 Å². The van der Waals surface area contributed by atoms with Crippen molar-refractivity contribution in [3.05, 3.63) is 35.7 Å². The molecule has 3 aromatic heterocycles. The van der Waals surface area contributed by atoms with Gasteiger partial charge in [0.15, 0.2) is 17.2 Å². The molecule has 1 N–H and O–H groups in total. The topological polar surface area (TPSA) is 72.8 Å². The maximum absolute atomic E-state index is 11.5. The molecule has 0 amide bonds. The van der Waals surface area contributed by atoms with Gasteiger partial charge < -0.3 is 14.3 Å². The van der Waals surface area contributed by atoms with Crippen molar-refractivity contribution in [2.45, 2.75) is 6.92 Å². The second-order valence-corrected chi connectivity index (χ2v) is 4.66. The summed E-state index contributed by atoms with van der Waals surface area (Å²) < 4.78 is 6.65.